The van der Waals surface area contributed by atoms with Crippen molar-refractivity contribution in [1.82, 2.24) is 0 Å². The average Bonchev–Trinajstić information content (AvgIpc) is 2.15. The fraction of sp³-hybridized carbons (Fsp3) is 0.455. The Morgan fingerprint density at radius 2 is 1.44 bits per heavy atom. The zero-order valence-electron chi connectivity index (χ0n) is 8.83. The van der Waals surface area contributed by atoms with Gasteiger partial charge >= 0.3 is 6.18 Å². The molecule has 0 atom stereocenters. The van der Waals surface area contributed by atoms with Gasteiger partial charge in [-0.05, 0) is 19.1 Å². The highest BCUT2D eigenvalue weighted by Gasteiger charge is 2.35. The maximum Gasteiger partial charge on any atom is 0.416 e. The first-order valence-electron chi connectivity index (χ1n) is 4.74. The first-order chi connectivity index (χ1) is 7.16. The number of hydrogen-bond donors (Lipinski definition) is 0. The van der Waals surface area contributed by atoms with E-state index < -0.39 is 29.6 Å². The largest absolute Gasteiger partial charge is 0.416 e. The van der Waals surface area contributed by atoms with Gasteiger partial charge in [0.05, 0.1) is 5.56 Å². The molecule has 16 heavy (non-hydrogen) atoms. The Morgan fingerprint density at radius 1 is 0.938 bits per heavy atom. The lowest BCUT2D eigenvalue weighted by atomic mass is 10.00. The second-order valence-corrected chi connectivity index (χ2v) is 3.64. The Labute approximate surface area is 90.1 Å². The van der Waals surface area contributed by atoms with E-state index in [2.05, 4.69) is 0 Å². The van der Waals surface area contributed by atoms with Gasteiger partial charge in [0.2, 0.25) is 0 Å². The number of benzene rings is 1. The third-order valence-corrected chi connectivity index (χ3v) is 2.27. The minimum atomic E-state index is -4.59. The molecule has 0 heterocycles. The van der Waals surface area contributed by atoms with Crippen molar-refractivity contribution < 1.29 is 22.0 Å². The number of halogens is 5. The molecule has 0 radical (unpaired) electrons. The van der Waals surface area contributed by atoms with E-state index in [1.54, 1.807) is 0 Å². The van der Waals surface area contributed by atoms with Crippen molar-refractivity contribution in [3.05, 3.63) is 34.9 Å². The molecule has 0 N–H and O–H groups in total. The highest BCUT2D eigenvalue weighted by atomic mass is 19.4. The molecular formula is C11H11F5. The van der Waals surface area contributed by atoms with Crippen LogP contribution in [0, 0.1) is 6.92 Å². The minimum Gasteiger partial charge on any atom is -0.201 e. The molecule has 0 saturated heterocycles. The molecule has 1 aromatic carbocycles. The predicted molar refractivity (Wildman–Crippen MR) is 50.4 cm³/mol. The Morgan fingerprint density at radius 3 is 1.88 bits per heavy atom. The van der Waals surface area contributed by atoms with Crippen molar-refractivity contribution in [2.45, 2.75) is 32.4 Å². The van der Waals surface area contributed by atoms with Crippen LogP contribution >= 0.6 is 0 Å². The van der Waals surface area contributed by atoms with Crippen molar-refractivity contribution in [2.24, 2.45) is 0 Å². The quantitative estimate of drug-likeness (QED) is 0.665. The Hall–Kier alpha value is -1.13. The molecule has 0 unspecified atom stereocenters. The number of alkyl halides is 5. The Kier molecular flexibility index (Phi) is 3.26. The molecule has 0 aliphatic carbocycles. The minimum absolute atomic E-state index is 0.179. The molecule has 1 aromatic rings. The van der Waals surface area contributed by atoms with Gasteiger partial charge in [-0.25, -0.2) is 8.78 Å². The summed E-state index contributed by atoms with van der Waals surface area (Å²) in [6, 6.07) is 2.45. The molecule has 0 aromatic heterocycles. The highest BCUT2D eigenvalue weighted by molar-refractivity contribution is 5.33. The summed E-state index contributed by atoms with van der Waals surface area (Å²) in [6.45, 7) is 2.60. The molecule has 0 bridgehead atoms. The summed E-state index contributed by atoms with van der Waals surface area (Å²) in [7, 11) is 0. The van der Waals surface area contributed by atoms with Gasteiger partial charge in [-0.2, -0.15) is 13.2 Å². The summed E-state index contributed by atoms with van der Waals surface area (Å²) in [6.07, 6.45) is -5.11. The molecule has 0 fully saturated rings. The Balaban J connectivity index is 3.29. The third kappa shape index (κ3) is 2.71. The summed E-state index contributed by atoms with van der Waals surface area (Å²) in [4.78, 5) is 0. The standard InChI is InChI=1S/C11H11F5/c1-3-10(12,13)8-4-7(2)5-9(6-8)11(14,15)16/h4-6H,3H2,1-2H3. The van der Waals surface area contributed by atoms with Gasteiger partial charge in [0, 0.05) is 12.0 Å². The van der Waals surface area contributed by atoms with E-state index in [1.165, 1.54) is 13.8 Å². The topological polar surface area (TPSA) is 0 Å². The molecule has 0 aliphatic heterocycles. The first kappa shape index (κ1) is 12.9. The SMILES string of the molecule is CCC(F)(F)c1cc(C)cc(C(F)(F)F)c1. The van der Waals surface area contributed by atoms with Gasteiger partial charge in [0.1, 0.15) is 0 Å². The van der Waals surface area contributed by atoms with Gasteiger partial charge in [0.15, 0.2) is 0 Å². The predicted octanol–water partition coefficient (Wildman–Crippen LogP) is 4.52. The molecule has 0 amide bonds. The zero-order chi connectivity index (χ0) is 12.6. The van der Waals surface area contributed by atoms with E-state index in [0.29, 0.717) is 6.07 Å². The van der Waals surface area contributed by atoms with Crippen LogP contribution in [0.3, 0.4) is 0 Å². The number of hydrogen-bond acceptors (Lipinski definition) is 0. The van der Waals surface area contributed by atoms with E-state index in [9.17, 15) is 22.0 Å². The summed E-state index contributed by atoms with van der Waals surface area (Å²) in [5.74, 6) is -3.22. The lowest BCUT2D eigenvalue weighted by Crippen LogP contribution is -2.14. The van der Waals surface area contributed by atoms with Gasteiger partial charge in [-0.3, -0.25) is 0 Å². The molecule has 90 valence electrons. The van der Waals surface area contributed by atoms with Crippen LogP contribution < -0.4 is 0 Å². The van der Waals surface area contributed by atoms with Crippen LogP contribution in [0.5, 0.6) is 0 Å². The van der Waals surface area contributed by atoms with Crippen molar-refractivity contribution in [3.8, 4) is 0 Å². The fourth-order valence-corrected chi connectivity index (χ4v) is 1.36. The maximum absolute atomic E-state index is 13.3. The lowest BCUT2D eigenvalue weighted by molar-refractivity contribution is -0.137. The normalized spacial score (nSPS) is 12.9. The van der Waals surface area contributed by atoms with Crippen LogP contribution in [-0.4, -0.2) is 0 Å². The molecule has 0 aliphatic rings. The fourth-order valence-electron chi connectivity index (χ4n) is 1.36. The summed E-state index contributed by atoms with van der Waals surface area (Å²) < 4.78 is 63.7. The van der Waals surface area contributed by atoms with Crippen molar-refractivity contribution in [3.63, 3.8) is 0 Å². The number of rotatable bonds is 2. The summed E-state index contributed by atoms with van der Waals surface area (Å²) in [5, 5.41) is 0. The molecule has 0 spiro atoms. The second kappa shape index (κ2) is 4.03. The van der Waals surface area contributed by atoms with E-state index in [-0.39, 0.29) is 5.56 Å². The smallest absolute Gasteiger partial charge is 0.201 e. The van der Waals surface area contributed by atoms with E-state index in [0.717, 1.165) is 12.1 Å². The zero-order valence-corrected chi connectivity index (χ0v) is 8.83. The first-order valence-corrected chi connectivity index (χ1v) is 4.74. The van der Waals surface area contributed by atoms with Crippen LogP contribution in [-0.2, 0) is 12.1 Å². The molecule has 0 saturated carbocycles. The van der Waals surface area contributed by atoms with Crippen molar-refractivity contribution in [2.75, 3.05) is 0 Å². The van der Waals surface area contributed by atoms with Gasteiger partial charge < -0.3 is 0 Å². The van der Waals surface area contributed by atoms with Gasteiger partial charge in [-0.15, -0.1) is 0 Å². The average molecular weight is 238 g/mol. The van der Waals surface area contributed by atoms with Crippen LogP contribution in [0.25, 0.3) is 0 Å². The maximum atomic E-state index is 13.3. The van der Waals surface area contributed by atoms with Gasteiger partial charge in [0.25, 0.3) is 5.92 Å². The van der Waals surface area contributed by atoms with E-state index in [1.807, 2.05) is 0 Å². The van der Waals surface area contributed by atoms with Crippen LogP contribution in [0.4, 0.5) is 22.0 Å². The van der Waals surface area contributed by atoms with Crippen LogP contribution in [0.2, 0.25) is 0 Å². The van der Waals surface area contributed by atoms with E-state index in [4.69, 9.17) is 0 Å². The highest BCUT2D eigenvalue weighted by Crippen LogP contribution is 2.36. The summed E-state index contributed by atoms with van der Waals surface area (Å²) in [5.41, 5.74) is -1.43. The van der Waals surface area contributed by atoms with E-state index >= 15 is 0 Å². The number of aryl methyl sites for hydroxylation is 1. The van der Waals surface area contributed by atoms with Gasteiger partial charge in [-0.1, -0.05) is 18.6 Å². The lowest BCUT2D eigenvalue weighted by Gasteiger charge is -2.17. The van der Waals surface area contributed by atoms with Crippen molar-refractivity contribution in [1.29, 1.82) is 0 Å². The van der Waals surface area contributed by atoms with Crippen LogP contribution in [0.1, 0.15) is 30.0 Å². The summed E-state index contributed by atoms with van der Waals surface area (Å²) >= 11 is 0. The van der Waals surface area contributed by atoms with Crippen LogP contribution in [0.15, 0.2) is 18.2 Å². The monoisotopic (exact) mass is 238 g/mol. The molecule has 5 heteroatoms. The molecule has 1 rings (SSSR count). The second-order valence-electron chi connectivity index (χ2n) is 3.64. The third-order valence-electron chi connectivity index (χ3n) is 2.27. The van der Waals surface area contributed by atoms with Crippen molar-refractivity contribution >= 4 is 0 Å². The molecular weight excluding hydrogens is 227 g/mol. The molecule has 0 nitrogen and oxygen atoms in total. The Bertz CT molecular complexity index is 378.